The van der Waals surface area contributed by atoms with Gasteiger partial charge in [-0.1, -0.05) is 72.8 Å². The number of nitrogens with zero attached hydrogens (tertiary/aromatic N) is 2. The molecule has 158 valence electrons. The highest BCUT2D eigenvalue weighted by Gasteiger charge is 2.29. The minimum atomic E-state index is -0.251. The standard InChI is InChI=1S/C26H24N6/c27-25(28)32(29)26(30-21-13-17-9-1-5-15-7-3-11-19(21)23(15)17)31-22-14-18-10-2-6-16-8-4-12-20(22)24(16)18/h1-12,21-22H,13-14,29H2,(H3,27,28)(H,30,31). The van der Waals surface area contributed by atoms with E-state index in [4.69, 9.17) is 22.0 Å². The van der Waals surface area contributed by atoms with Crippen molar-refractivity contribution in [3.63, 3.8) is 0 Å². The molecule has 0 spiro atoms. The maximum absolute atomic E-state index is 7.92. The van der Waals surface area contributed by atoms with Crippen LogP contribution in [0.5, 0.6) is 0 Å². The largest absolute Gasteiger partial charge is 0.369 e. The van der Waals surface area contributed by atoms with Crippen LogP contribution in [0.15, 0.2) is 77.8 Å². The van der Waals surface area contributed by atoms with Crippen LogP contribution < -0.4 is 16.9 Å². The third-order valence-corrected chi connectivity index (χ3v) is 6.69. The van der Waals surface area contributed by atoms with Gasteiger partial charge in [0.25, 0.3) is 0 Å². The predicted octanol–water partition coefficient (Wildman–Crippen LogP) is 3.90. The SMILES string of the molecule is N=C(N)N(N)C(=NC1Cc2cccc3cccc1c23)NC1Cc2cccc3cccc1c23. The van der Waals surface area contributed by atoms with Gasteiger partial charge in [-0.15, -0.1) is 0 Å². The van der Waals surface area contributed by atoms with Gasteiger partial charge in [-0.3, -0.25) is 5.41 Å². The Labute approximate surface area is 186 Å². The lowest BCUT2D eigenvalue weighted by Crippen LogP contribution is -2.53. The molecule has 2 aliphatic carbocycles. The highest BCUT2D eigenvalue weighted by atomic mass is 15.5. The Balaban J connectivity index is 1.39. The van der Waals surface area contributed by atoms with Crippen molar-refractivity contribution in [1.29, 1.82) is 5.41 Å². The van der Waals surface area contributed by atoms with Crippen molar-refractivity contribution < 1.29 is 0 Å². The average molecular weight is 421 g/mol. The number of rotatable bonds is 2. The van der Waals surface area contributed by atoms with E-state index in [2.05, 4.69) is 78.1 Å². The first-order valence-electron chi connectivity index (χ1n) is 10.8. The summed E-state index contributed by atoms with van der Waals surface area (Å²) in [5.74, 6) is 6.38. The van der Waals surface area contributed by atoms with E-state index in [0.29, 0.717) is 5.96 Å². The summed E-state index contributed by atoms with van der Waals surface area (Å²) in [5, 5.41) is 17.6. The summed E-state index contributed by atoms with van der Waals surface area (Å²) in [4.78, 5) is 5.01. The number of aliphatic imine (C=N–C) groups is 1. The van der Waals surface area contributed by atoms with Crippen molar-refractivity contribution in [2.75, 3.05) is 0 Å². The van der Waals surface area contributed by atoms with Crippen LogP contribution >= 0.6 is 0 Å². The molecule has 0 saturated carbocycles. The molecule has 0 saturated heterocycles. The lowest BCUT2D eigenvalue weighted by Gasteiger charge is -2.25. The van der Waals surface area contributed by atoms with Crippen molar-refractivity contribution in [3.05, 3.63) is 95.1 Å². The summed E-state index contributed by atoms with van der Waals surface area (Å²) >= 11 is 0. The first-order chi connectivity index (χ1) is 15.6. The maximum Gasteiger partial charge on any atom is 0.216 e. The molecule has 6 nitrogen and oxygen atoms in total. The molecule has 32 heavy (non-hydrogen) atoms. The fourth-order valence-electron chi connectivity index (χ4n) is 5.29. The first-order valence-corrected chi connectivity index (χ1v) is 10.8. The van der Waals surface area contributed by atoms with Crippen LogP contribution in [0, 0.1) is 5.41 Å². The Hall–Kier alpha value is -3.90. The van der Waals surface area contributed by atoms with E-state index in [1.807, 2.05) is 0 Å². The van der Waals surface area contributed by atoms with E-state index in [0.717, 1.165) is 17.9 Å². The van der Waals surface area contributed by atoms with Crippen molar-refractivity contribution in [2.45, 2.75) is 24.9 Å². The average Bonchev–Trinajstić information content (AvgIpc) is 3.34. The smallest absolute Gasteiger partial charge is 0.216 e. The van der Waals surface area contributed by atoms with Gasteiger partial charge in [0.05, 0.1) is 12.1 Å². The fraction of sp³-hybridized carbons (Fsp3) is 0.154. The lowest BCUT2D eigenvalue weighted by molar-refractivity contribution is 0.547. The fourth-order valence-corrected chi connectivity index (χ4v) is 5.29. The molecule has 6 heteroatoms. The van der Waals surface area contributed by atoms with Gasteiger partial charge in [-0.25, -0.2) is 15.8 Å². The molecule has 4 aromatic rings. The van der Waals surface area contributed by atoms with Crippen molar-refractivity contribution >= 4 is 33.5 Å². The number of benzene rings is 4. The highest BCUT2D eigenvalue weighted by molar-refractivity contribution is 5.98. The van der Waals surface area contributed by atoms with Gasteiger partial charge < -0.3 is 11.1 Å². The van der Waals surface area contributed by atoms with Gasteiger partial charge in [-0.2, -0.15) is 0 Å². The summed E-state index contributed by atoms with van der Waals surface area (Å²) in [6, 6.07) is 25.4. The molecule has 6 rings (SSSR count). The molecule has 4 aromatic carbocycles. The zero-order chi connectivity index (χ0) is 21.8. The molecular weight excluding hydrogens is 396 g/mol. The molecule has 0 bridgehead atoms. The third-order valence-electron chi connectivity index (χ3n) is 6.69. The van der Waals surface area contributed by atoms with E-state index in [1.54, 1.807) is 0 Å². The van der Waals surface area contributed by atoms with Gasteiger partial charge >= 0.3 is 0 Å². The van der Waals surface area contributed by atoms with Crippen LogP contribution in [-0.2, 0) is 12.8 Å². The molecule has 2 aliphatic rings. The molecule has 0 heterocycles. The van der Waals surface area contributed by atoms with E-state index in [9.17, 15) is 0 Å². The first kappa shape index (κ1) is 18.8. The topological polar surface area (TPSA) is 104 Å². The second-order valence-electron chi connectivity index (χ2n) is 8.55. The molecule has 2 atom stereocenters. The summed E-state index contributed by atoms with van der Waals surface area (Å²) in [5.41, 5.74) is 10.8. The second-order valence-corrected chi connectivity index (χ2v) is 8.55. The minimum absolute atomic E-state index is 0.0137. The molecular formula is C26H24N6. The third kappa shape index (κ3) is 2.84. The van der Waals surface area contributed by atoms with E-state index >= 15 is 0 Å². The Bertz CT molecular complexity index is 1410. The van der Waals surface area contributed by atoms with Crippen molar-refractivity contribution in [3.8, 4) is 0 Å². The second kappa shape index (κ2) is 7.07. The van der Waals surface area contributed by atoms with Crippen molar-refractivity contribution in [1.82, 2.24) is 10.3 Å². The van der Waals surface area contributed by atoms with Crippen molar-refractivity contribution in [2.24, 2.45) is 16.6 Å². The molecule has 0 fully saturated rings. The normalized spacial score (nSPS) is 19.0. The van der Waals surface area contributed by atoms with Crippen LogP contribution in [-0.4, -0.2) is 16.9 Å². The Kier molecular flexibility index (Phi) is 4.16. The number of guanidine groups is 2. The summed E-state index contributed by atoms with van der Waals surface area (Å²) in [7, 11) is 0. The van der Waals surface area contributed by atoms with E-state index in [1.165, 1.54) is 43.8 Å². The number of nitrogens with two attached hydrogens (primary N) is 2. The molecule has 0 aliphatic heterocycles. The van der Waals surface area contributed by atoms with Gasteiger partial charge in [0, 0.05) is 0 Å². The molecule has 6 N–H and O–H groups in total. The predicted molar refractivity (Wildman–Crippen MR) is 129 cm³/mol. The van der Waals surface area contributed by atoms with Crippen LogP contribution in [0.2, 0.25) is 0 Å². The van der Waals surface area contributed by atoms with E-state index < -0.39 is 0 Å². The number of hydrazine groups is 1. The molecule has 0 aromatic heterocycles. The minimum Gasteiger partial charge on any atom is -0.369 e. The zero-order valence-corrected chi connectivity index (χ0v) is 17.5. The number of nitrogens with one attached hydrogen (secondary N) is 2. The van der Waals surface area contributed by atoms with Crippen LogP contribution in [0.25, 0.3) is 21.5 Å². The summed E-state index contributed by atoms with van der Waals surface area (Å²) < 4.78 is 0. The quantitative estimate of drug-likeness (QED) is 0.171. The number of hydrogen-bond acceptors (Lipinski definition) is 3. The van der Waals surface area contributed by atoms with Gasteiger partial charge in [0.1, 0.15) is 0 Å². The summed E-state index contributed by atoms with van der Waals surface area (Å²) in [6.07, 6.45) is 1.63. The number of hydrogen-bond donors (Lipinski definition) is 4. The van der Waals surface area contributed by atoms with Crippen LogP contribution in [0.4, 0.5) is 0 Å². The lowest BCUT2D eigenvalue weighted by atomic mass is 10.0. The molecule has 2 unspecified atom stereocenters. The van der Waals surface area contributed by atoms with Crippen LogP contribution in [0.3, 0.4) is 0 Å². The maximum atomic E-state index is 7.92. The van der Waals surface area contributed by atoms with Crippen LogP contribution in [0.1, 0.15) is 34.3 Å². The van der Waals surface area contributed by atoms with Gasteiger partial charge in [-0.05, 0) is 56.6 Å². The monoisotopic (exact) mass is 420 g/mol. The Morgan fingerprint density at radius 3 is 2.06 bits per heavy atom. The highest BCUT2D eigenvalue weighted by Crippen LogP contribution is 2.40. The molecule has 0 amide bonds. The van der Waals surface area contributed by atoms with Gasteiger partial charge in [0.15, 0.2) is 0 Å². The summed E-state index contributed by atoms with van der Waals surface area (Å²) in [6.45, 7) is 0. The Morgan fingerprint density at radius 2 is 1.41 bits per heavy atom. The molecule has 0 radical (unpaired) electrons. The Morgan fingerprint density at radius 1 is 0.844 bits per heavy atom. The van der Waals surface area contributed by atoms with Gasteiger partial charge in [0.2, 0.25) is 11.9 Å². The zero-order valence-electron chi connectivity index (χ0n) is 17.5. The van der Waals surface area contributed by atoms with E-state index in [-0.39, 0.29) is 18.0 Å².